The number of halogens is 1. The monoisotopic (exact) mass is 150 g/mol. The van der Waals surface area contributed by atoms with Gasteiger partial charge in [-0.3, -0.25) is 0 Å². The van der Waals surface area contributed by atoms with Gasteiger partial charge in [0.25, 0.3) is 0 Å². The summed E-state index contributed by atoms with van der Waals surface area (Å²) in [7, 11) is 0. The second kappa shape index (κ2) is 6.96. The zero-order valence-corrected chi connectivity index (χ0v) is 6.60. The van der Waals surface area contributed by atoms with Crippen molar-refractivity contribution < 1.29 is 13.9 Å². The van der Waals surface area contributed by atoms with Gasteiger partial charge in [0.2, 0.25) is 0 Å². The molecule has 0 fully saturated rings. The molecule has 0 aliphatic rings. The normalized spacial score (nSPS) is 10.8. The SMILES string of the molecule is CC(C)OCCOCCF. The van der Waals surface area contributed by atoms with Crippen molar-refractivity contribution in [1.82, 2.24) is 0 Å². The van der Waals surface area contributed by atoms with Crippen LogP contribution < -0.4 is 0 Å². The lowest BCUT2D eigenvalue weighted by molar-refractivity contribution is 0.0165. The van der Waals surface area contributed by atoms with Gasteiger partial charge in [0.15, 0.2) is 0 Å². The molecule has 0 unspecified atom stereocenters. The minimum atomic E-state index is -0.415. The molecule has 0 aliphatic heterocycles. The fraction of sp³-hybridized carbons (Fsp3) is 1.00. The van der Waals surface area contributed by atoms with Crippen molar-refractivity contribution in [1.29, 1.82) is 0 Å². The lowest BCUT2D eigenvalue weighted by Crippen LogP contribution is -2.10. The molecule has 0 amide bonds. The molecule has 0 rings (SSSR count). The van der Waals surface area contributed by atoms with Gasteiger partial charge in [-0.15, -0.1) is 0 Å². The van der Waals surface area contributed by atoms with Gasteiger partial charge in [-0.05, 0) is 13.8 Å². The summed E-state index contributed by atoms with van der Waals surface area (Å²) in [6.45, 7) is 4.72. The molecule has 10 heavy (non-hydrogen) atoms. The van der Waals surface area contributed by atoms with Crippen LogP contribution in [0.3, 0.4) is 0 Å². The molecule has 0 saturated carbocycles. The number of alkyl halides is 1. The van der Waals surface area contributed by atoms with Gasteiger partial charge in [0.1, 0.15) is 6.67 Å². The maximum Gasteiger partial charge on any atom is 0.113 e. The van der Waals surface area contributed by atoms with Crippen molar-refractivity contribution in [2.24, 2.45) is 0 Å². The van der Waals surface area contributed by atoms with Crippen LogP contribution in [0.1, 0.15) is 13.8 Å². The minimum Gasteiger partial charge on any atom is -0.376 e. The molecule has 0 saturated heterocycles. The van der Waals surface area contributed by atoms with E-state index >= 15 is 0 Å². The van der Waals surface area contributed by atoms with Crippen molar-refractivity contribution in [2.45, 2.75) is 20.0 Å². The van der Waals surface area contributed by atoms with E-state index < -0.39 is 6.67 Å². The first-order chi connectivity index (χ1) is 4.77. The zero-order valence-electron chi connectivity index (χ0n) is 6.60. The van der Waals surface area contributed by atoms with Crippen LogP contribution in [0, 0.1) is 0 Å². The van der Waals surface area contributed by atoms with E-state index in [-0.39, 0.29) is 12.7 Å². The summed E-state index contributed by atoms with van der Waals surface area (Å²) in [5.74, 6) is 0. The lowest BCUT2D eigenvalue weighted by atomic mass is 10.5. The highest BCUT2D eigenvalue weighted by atomic mass is 19.1. The summed E-state index contributed by atoms with van der Waals surface area (Å²) >= 11 is 0. The fourth-order valence-corrected chi connectivity index (χ4v) is 0.499. The summed E-state index contributed by atoms with van der Waals surface area (Å²) in [5, 5.41) is 0. The Bertz CT molecular complexity index is 66.6. The fourth-order valence-electron chi connectivity index (χ4n) is 0.499. The summed E-state index contributed by atoms with van der Waals surface area (Å²) in [6, 6.07) is 0. The van der Waals surface area contributed by atoms with E-state index in [1.165, 1.54) is 0 Å². The maximum absolute atomic E-state index is 11.4. The number of hydrogen-bond donors (Lipinski definition) is 0. The average molecular weight is 150 g/mol. The van der Waals surface area contributed by atoms with E-state index in [9.17, 15) is 4.39 Å². The number of ether oxygens (including phenoxy) is 2. The van der Waals surface area contributed by atoms with E-state index in [1.807, 2.05) is 13.8 Å². The van der Waals surface area contributed by atoms with Crippen molar-refractivity contribution in [2.75, 3.05) is 26.5 Å². The topological polar surface area (TPSA) is 18.5 Å². The van der Waals surface area contributed by atoms with E-state index in [0.29, 0.717) is 13.2 Å². The third kappa shape index (κ3) is 7.85. The van der Waals surface area contributed by atoms with Crippen LogP contribution in [-0.2, 0) is 9.47 Å². The Morgan fingerprint density at radius 2 is 1.90 bits per heavy atom. The number of hydrogen-bond acceptors (Lipinski definition) is 2. The van der Waals surface area contributed by atoms with Gasteiger partial charge in [0, 0.05) is 0 Å². The average Bonchev–Trinajstić information content (AvgIpc) is 1.87. The molecule has 0 aromatic heterocycles. The largest absolute Gasteiger partial charge is 0.376 e. The zero-order chi connectivity index (χ0) is 7.82. The Morgan fingerprint density at radius 3 is 2.40 bits per heavy atom. The van der Waals surface area contributed by atoms with Crippen LogP contribution in [0.2, 0.25) is 0 Å². The quantitative estimate of drug-likeness (QED) is 0.533. The molecule has 0 bridgehead atoms. The molecule has 0 N–H and O–H groups in total. The Kier molecular flexibility index (Phi) is 6.86. The van der Waals surface area contributed by atoms with Gasteiger partial charge < -0.3 is 9.47 Å². The van der Waals surface area contributed by atoms with E-state index in [4.69, 9.17) is 9.47 Å². The Hall–Kier alpha value is -0.150. The molecule has 3 heteroatoms. The van der Waals surface area contributed by atoms with Gasteiger partial charge in [-0.2, -0.15) is 0 Å². The second-order valence-corrected chi connectivity index (χ2v) is 2.22. The first kappa shape index (κ1) is 9.85. The van der Waals surface area contributed by atoms with Gasteiger partial charge in [-0.1, -0.05) is 0 Å². The molecule has 0 atom stereocenters. The third-order valence-electron chi connectivity index (χ3n) is 0.900. The van der Waals surface area contributed by atoms with E-state index in [0.717, 1.165) is 0 Å². The summed E-state index contributed by atoms with van der Waals surface area (Å²) in [5.41, 5.74) is 0. The summed E-state index contributed by atoms with van der Waals surface area (Å²) in [6.07, 6.45) is 0.231. The third-order valence-corrected chi connectivity index (χ3v) is 0.900. The molecule has 0 aliphatic carbocycles. The second-order valence-electron chi connectivity index (χ2n) is 2.22. The highest BCUT2D eigenvalue weighted by Crippen LogP contribution is 1.86. The van der Waals surface area contributed by atoms with Crippen LogP contribution in [0.5, 0.6) is 0 Å². The van der Waals surface area contributed by atoms with Crippen molar-refractivity contribution in [3.05, 3.63) is 0 Å². The first-order valence-electron chi connectivity index (χ1n) is 3.52. The first-order valence-corrected chi connectivity index (χ1v) is 3.52. The Morgan fingerprint density at radius 1 is 1.20 bits per heavy atom. The van der Waals surface area contributed by atoms with Crippen LogP contribution in [0.25, 0.3) is 0 Å². The highest BCUT2D eigenvalue weighted by Gasteiger charge is 1.91. The minimum absolute atomic E-state index is 0.182. The van der Waals surface area contributed by atoms with Crippen LogP contribution in [0.4, 0.5) is 4.39 Å². The highest BCUT2D eigenvalue weighted by molar-refractivity contribution is 4.36. The Labute approximate surface area is 61.3 Å². The lowest BCUT2D eigenvalue weighted by Gasteiger charge is -2.06. The predicted octanol–water partition coefficient (Wildman–Crippen LogP) is 1.40. The molecule has 0 heterocycles. The van der Waals surface area contributed by atoms with Crippen LogP contribution >= 0.6 is 0 Å². The smallest absolute Gasteiger partial charge is 0.113 e. The number of rotatable bonds is 6. The molecular weight excluding hydrogens is 135 g/mol. The predicted molar refractivity (Wildman–Crippen MR) is 37.9 cm³/mol. The van der Waals surface area contributed by atoms with Crippen molar-refractivity contribution in [3.8, 4) is 0 Å². The standard InChI is InChI=1S/C7H15FO2/c1-7(2)10-6-5-9-4-3-8/h7H,3-6H2,1-2H3. The van der Waals surface area contributed by atoms with Crippen molar-refractivity contribution in [3.63, 3.8) is 0 Å². The summed E-state index contributed by atoms with van der Waals surface area (Å²) in [4.78, 5) is 0. The molecule has 0 aromatic rings. The van der Waals surface area contributed by atoms with E-state index in [2.05, 4.69) is 0 Å². The summed E-state index contributed by atoms with van der Waals surface area (Å²) < 4.78 is 21.4. The van der Waals surface area contributed by atoms with Crippen molar-refractivity contribution >= 4 is 0 Å². The van der Waals surface area contributed by atoms with Gasteiger partial charge in [0.05, 0.1) is 25.9 Å². The molecule has 62 valence electrons. The van der Waals surface area contributed by atoms with Crippen LogP contribution in [0.15, 0.2) is 0 Å². The molecular formula is C7H15FO2. The molecule has 0 radical (unpaired) electrons. The van der Waals surface area contributed by atoms with Gasteiger partial charge in [-0.25, -0.2) is 4.39 Å². The Balaban J connectivity index is 2.77. The maximum atomic E-state index is 11.4. The molecule has 0 aromatic carbocycles. The van der Waals surface area contributed by atoms with Gasteiger partial charge >= 0.3 is 0 Å². The van der Waals surface area contributed by atoms with E-state index in [1.54, 1.807) is 0 Å². The molecule has 0 spiro atoms. The van der Waals surface area contributed by atoms with Crippen LogP contribution in [-0.4, -0.2) is 32.6 Å². The molecule has 2 nitrogen and oxygen atoms in total.